The van der Waals surface area contributed by atoms with Gasteiger partial charge in [-0.25, -0.2) is 4.68 Å². The van der Waals surface area contributed by atoms with Crippen LogP contribution in [0, 0.1) is 6.92 Å². The first kappa shape index (κ1) is 19.7. The van der Waals surface area contributed by atoms with Crippen molar-refractivity contribution >= 4 is 5.91 Å². The van der Waals surface area contributed by atoms with Crippen molar-refractivity contribution in [3.8, 4) is 5.75 Å². The quantitative estimate of drug-likeness (QED) is 0.712. The Labute approximate surface area is 165 Å². The van der Waals surface area contributed by atoms with Crippen LogP contribution in [0.5, 0.6) is 5.75 Å². The minimum atomic E-state index is -0.225. The molecule has 7 nitrogen and oxygen atoms in total. The first-order valence-corrected chi connectivity index (χ1v) is 9.26. The number of hydrogen-bond donors (Lipinski definition) is 1. The Morgan fingerprint density at radius 3 is 2.46 bits per heavy atom. The molecule has 2 aromatic heterocycles. The number of aromatic nitrogens is 4. The fraction of sp³-hybridized carbons (Fsp3) is 0.381. The summed E-state index contributed by atoms with van der Waals surface area (Å²) in [7, 11) is 1.86. The summed E-state index contributed by atoms with van der Waals surface area (Å²) in [5.74, 6) is 0.540. The molecule has 1 N–H and O–H groups in total. The highest BCUT2D eigenvalue weighted by Gasteiger charge is 2.13. The second-order valence-electron chi connectivity index (χ2n) is 7.88. The number of aryl methyl sites for hydroxylation is 2. The Morgan fingerprint density at radius 2 is 1.86 bits per heavy atom. The van der Waals surface area contributed by atoms with Crippen LogP contribution in [0.4, 0.5) is 0 Å². The van der Waals surface area contributed by atoms with Gasteiger partial charge in [-0.15, -0.1) is 0 Å². The van der Waals surface area contributed by atoms with Gasteiger partial charge in [-0.2, -0.15) is 10.2 Å². The highest BCUT2D eigenvalue weighted by atomic mass is 16.5. The van der Waals surface area contributed by atoms with Crippen LogP contribution in [0.25, 0.3) is 0 Å². The average molecular weight is 381 g/mol. The first-order valence-electron chi connectivity index (χ1n) is 9.26. The predicted octanol–water partition coefficient (Wildman–Crippen LogP) is 3.19. The second kappa shape index (κ2) is 7.88. The largest absolute Gasteiger partial charge is 0.471 e. The molecule has 0 aliphatic rings. The SMILES string of the molecule is Cc1nn(C)cc1CNC(=O)c1ccn(COc2ccc(C(C)(C)C)cc2)n1. The lowest BCUT2D eigenvalue weighted by atomic mass is 9.87. The smallest absolute Gasteiger partial charge is 0.272 e. The van der Waals surface area contributed by atoms with Crippen LogP contribution in [0.15, 0.2) is 42.7 Å². The van der Waals surface area contributed by atoms with Crippen molar-refractivity contribution in [2.24, 2.45) is 7.05 Å². The maximum Gasteiger partial charge on any atom is 0.272 e. The Balaban J connectivity index is 1.53. The van der Waals surface area contributed by atoms with Crippen LogP contribution in [-0.2, 0) is 25.7 Å². The van der Waals surface area contributed by atoms with Crippen LogP contribution < -0.4 is 10.1 Å². The van der Waals surface area contributed by atoms with Gasteiger partial charge in [0.15, 0.2) is 6.73 Å². The molecule has 3 rings (SSSR count). The van der Waals surface area contributed by atoms with Crippen molar-refractivity contribution in [2.75, 3.05) is 0 Å². The number of carbonyl (C=O) groups is 1. The fourth-order valence-electron chi connectivity index (χ4n) is 2.83. The molecular formula is C21H27N5O2. The number of rotatable bonds is 6. The zero-order valence-corrected chi connectivity index (χ0v) is 17.1. The van der Waals surface area contributed by atoms with Crippen molar-refractivity contribution in [1.82, 2.24) is 24.9 Å². The summed E-state index contributed by atoms with van der Waals surface area (Å²) in [6.07, 6.45) is 3.63. The molecule has 0 atom stereocenters. The van der Waals surface area contributed by atoms with E-state index in [2.05, 4.69) is 48.4 Å². The molecule has 0 saturated carbocycles. The lowest BCUT2D eigenvalue weighted by Crippen LogP contribution is -2.23. The minimum absolute atomic E-state index is 0.108. The number of amides is 1. The van der Waals surface area contributed by atoms with E-state index in [1.165, 1.54) is 5.56 Å². The van der Waals surface area contributed by atoms with Crippen molar-refractivity contribution in [1.29, 1.82) is 0 Å². The van der Waals surface area contributed by atoms with E-state index >= 15 is 0 Å². The zero-order chi connectivity index (χ0) is 20.3. The summed E-state index contributed by atoms with van der Waals surface area (Å²) in [5.41, 5.74) is 3.60. The molecule has 0 spiro atoms. The standard InChI is InChI=1S/C21H27N5O2/c1-15-16(13-25(5)23-15)12-22-20(27)19-10-11-26(24-19)14-28-18-8-6-17(7-9-18)21(2,3)4/h6-11,13H,12,14H2,1-5H3,(H,22,27). The summed E-state index contributed by atoms with van der Waals surface area (Å²) < 4.78 is 9.09. The Bertz CT molecular complexity index is 948. The lowest BCUT2D eigenvalue weighted by molar-refractivity contribution is 0.0944. The van der Waals surface area contributed by atoms with Gasteiger partial charge < -0.3 is 10.1 Å². The molecule has 28 heavy (non-hydrogen) atoms. The van der Waals surface area contributed by atoms with Gasteiger partial charge in [-0.1, -0.05) is 32.9 Å². The van der Waals surface area contributed by atoms with Crippen molar-refractivity contribution in [2.45, 2.75) is 46.4 Å². The number of nitrogens with zero attached hydrogens (tertiary/aromatic N) is 4. The highest BCUT2D eigenvalue weighted by Crippen LogP contribution is 2.24. The molecule has 7 heteroatoms. The van der Waals surface area contributed by atoms with E-state index in [1.54, 1.807) is 21.6 Å². The molecule has 0 aliphatic heterocycles. The molecule has 1 amide bonds. The van der Waals surface area contributed by atoms with E-state index in [9.17, 15) is 4.79 Å². The van der Waals surface area contributed by atoms with Crippen molar-refractivity contribution in [3.05, 3.63) is 65.2 Å². The minimum Gasteiger partial charge on any atom is -0.471 e. The molecule has 0 bridgehead atoms. The van der Waals surface area contributed by atoms with E-state index in [0.717, 1.165) is 17.0 Å². The van der Waals surface area contributed by atoms with E-state index in [1.807, 2.05) is 32.3 Å². The van der Waals surface area contributed by atoms with Crippen LogP contribution in [0.2, 0.25) is 0 Å². The Hall–Kier alpha value is -3.09. The van der Waals surface area contributed by atoms with E-state index in [4.69, 9.17) is 4.74 Å². The Morgan fingerprint density at radius 1 is 1.14 bits per heavy atom. The Kier molecular flexibility index (Phi) is 5.53. The van der Waals surface area contributed by atoms with E-state index in [-0.39, 0.29) is 18.1 Å². The number of benzene rings is 1. The zero-order valence-electron chi connectivity index (χ0n) is 17.1. The van der Waals surface area contributed by atoms with E-state index < -0.39 is 0 Å². The van der Waals surface area contributed by atoms with Crippen LogP contribution in [0.1, 0.15) is 48.1 Å². The summed E-state index contributed by atoms with van der Waals surface area (Å²) in [5, 5.41) is 11.4. The third-order valence-electron chi connectivity index (χ3n) is 4.51. The molecule has 0 unspecified atom stereocenters. The van der Waals surface area contributed by atoms with Crippen LogP contribution in [-0.4, -0.2) is 25.5 Å². The second-order valence-corrected chi connectivity index (χ2v) is 7.88. The van der Waals surface area contributed by atoms with Crippen molar-refractivity contribution in [3.63, 3.8) is 0 Å². The molecule has 3 aromatic rings. The van der Waals surface area contributed by atoms with Gasteiger partial charge in [0.05, 0.1) is 5.69 Å². The molecule has 0 saturated heterocycles. The van der Waals surface area contributed by atoms with E-state index in [0.29, 0.717) is 12.2 Å². The molecule has 0 radical (unpaired) electrons. The van der Waals surface area contributed by atoms with Gasteiger partial charge in [-0.3, -0.25) is 9.48 Å². The topological polar surface area (TPSA) is 74.0 Å². The first-order chi connectivity index (χ1) is 13.2. The molecule has 2 heterocycles. The van der Waals surface area contributed by atoms with Gasteiger partial charge >= 0.3 is 0 Å². The number of nitrogens with one attached hydrogen (secondary N) is 1. The fourth-order valence-corrected chi connectivity index (χ4v) is 2.83. The van der Waals surface area contributed by atoms with Crippen LogP contribution >= 0.6 is 0 Å². The van der Waals surface area contributed by atoms with Crippen LogP contribution in [0.3, 0.4) is 0 Å². The third-order valence-corrected chi connectivity index (χ3v) is 4.51. The predicted molar refractivity (Wildman–Crippen MR) is 107 cm³/mol. The van der Waals surface area contributed by atoms with Gasteiger partial charge in [0, 0.05) is 31.5 Å². The molecule has 0 aliphatic carbocycles. The molecule has 1 aromatic carbocycles. The summed E-state index contributed by atoms with van der Waals surface area (Å²) in [6, 6.07) is 9.72. The monoisotopic (exact) mass is 381 g/mol. The average Bonchev–Trinajstić information content (AvgIpc) is 3.23. The molecular weight excluding hydrogens is 354 g/mol. The number of hydrogen-bond acceptors (Lipinski definition) is 4. The maximum atomic E-state index is 12.3. The van der Waals surface area contributed by atoms with Gasteiger partial charge in [-0.05, 0) is 36.1 Å². The third kappa shape index (κ3) is 4.79. The van der Waals surface area contributed by atoms with Gasteiger partial charge in [0.1, 0.15) is 11.4 Å². The molecule has 148 valence electrons. The highest BCUT2D eigenvalue weighted by molar-refractivity contribution is 5.92. The van der Waals surface area contributed by atoms with Gasteiger partial charge in [0.25, 0.3) is 5.91 Å². The summed E-state index contributed by atoms with van der Waals surface area (Å²) >= 11 is 0. The lowest BCUT2D eigenvalue weighted by Gasteiger charge is -2.19. The summed E-state index contributed by atoms with van der Waals surface area (Å²) in [6.45, 7) is 9.10. The maximum absolute atomic E-state index is 12.3. The number of carbonyl (C=O) groups excluding carboxylic acids is 1. The van der Waals surface area contributed by atoms with Crippen molar-refractivity contribution < 1.29 is 9.53 Å². The van der Waals surface area contributed by atoms with Gasteiger partial charge in [0.2, 0.25) is 0 Å². The molecule has 0 fully saturated rings. The number of ether oxygens (including phenoxy) is 1. The summed E-state index contributed by atoms with van der Waals surface area (Å²) in [4.78, 5) is 12.3. The normalized spacial score (nSPS) is 11.5.